The van der Waals surface area contributed by atoms with Crippen molar-refractivity contribution in [3.63, 3.8) is 0 Å². The van der Waals surface area contributed by atoms with Crippen LogP contribution in [0.2, 0.25) is 5.02 Å². The van der Waals surface area contributed by atoms with Crippen molar-refractivity contribution in [2.75, 3.05) is 39.4 Å². The fourth-order valence-corrected chi connectivity index (χ4v) is 3.79. The van der Waals surface area contributed by atoms with Gasteiger partial charge in [-0.3, -0.25) is 4.90 Å². The van der Waals surface area contributed by atoms with E-state index in [-0.39, 0.29) is 17.0 Å². The molecule has 2 saturated heterocycles. The maximum Gasteiger partial charge on any atom is 0.142 e. The quantitative estimate of drug-likeness (QED) is 0.862. The van der Waals surface area contributed by atoms with E-state index in [2.05, 4.69) is 10.2 Å². The highest BCUT2D eigenvalue weighted by Crippen LogP contribution is 2.40. The smallest absolute Gasteiger partial charge is 0.142 e. The molecule has 1 N–H and O–H groups in total. The van der Waals surface area contributed by atoms with Crippen LogP contribution in [0, 0.1) is 17.6 Å². The lowest BCUT2D eigenvalue weighted by Gasteiger charge is -2.41. The van der Waals surface area contributed by atoms with E-state index in [9.17, 15) is 8.78 Å². The van der Waals surface area contributed by atoms with Crippen molar-refractivity contribution in [2.24, 2.45) is 5.92 Å². The predicted molar refractivity (Wildman–Crippen MR) is 82.1 cm³/mol. The highest BCUT2D eigenvalue weighted by molar-refractivity contribution is 6.31. The predicted octanol–water partition coefficient (Wildman–Crippen LogP) is 2.99. The normalized spacial score (nSPS) is 22.7. The second-order valence-corrected chi connectivity index (χ2v) is 6.32. The van der Waals surface area contributed by atoms with Gasteiger partial charge >= 0.3 is 0 Å². The Labute approximate surface area is 134 Å². The summed E-state index contributed by atoms with van der Waals surface area (Å²) >= 11 is 6.14. The maximum atomic E-state index is 14.5. The molecule has 0 spiro atoms. The lowest BCUT2D eigenvalue weighted by Crippen LogP contribution is -2.48. The standard InChI is InChI=1S/C16H21ClF2N2O/c17-15-13(19)2-1-12(18)14(15)16(11-3-9-22-10-4-11)21-7-5-20-6-8-21/h1-2,11,16,20H,3-10H2/t16-/m1/s1. The summed E-state index contributed by atoms with van der Waals surface area (Å²) in [4.78, 5) is 2.23. The topological polar surface area (TPSA) is 24.5 Å². The van der Waals surface area contributed by atoms with Crippen LogP contribution in [-0.4, -0.2) is 44.3 Å². The van der Waals surface area contributed by atoms with E-state index in [1.807, 2.05) is 0 Å². The van der Waals surface area contributed by atoms with E-state index in [1.54, 1.807) is 0 Å². The number of piperazine rings is 1. The molecule has 0 bridgehead atoms. The number of halogens is 3. The van der Waals surface area contributed by atoms with Crippen molar-refractivity contribution in [3.8, 4) is 0 Å². The molecular formula is C16H21ClF2N2O. The number of nitrogens with one attached hydrogen (secondary N) is 1. The van der Waals surface area contributed by atoms with Crippen LogP contribution in [0.5, 0.6) is 0 Å². The van der Waals surface area contributed by atoms with E-state index < -0.39 is 11.6 Å². The number of hydrogen-bond donors (Lipinski definition) is 1. The Hall–Kier alpha value is -0.750. The Kier molecular flexibility index (Phi) is 5.29. The van der Waals surface area contributed by atoms with Crippen LogP contribution in [0.1, 0.15) is 24.4 Å². The molecule has 0 saturated carbocycles. The SMILES string of the molecule is Fc1ccc(F)c([C@@H](C2CCOCC2)N2CCNCC2)c1Cl. The summed E-state index contributed by atoms with van der Waals surface area (Å²) in [5, 5.41) is 3.22. The molecule has 2 heterocycles. The average molecular weight is 331 g/mol. The van der Waals surface area contributed by atoms with Crippen molar-refractivity contribution in [3.05, 3.63) is 34.4 Å². The largest absolute Gasteiger partial charge is 0.381 e. The molecule has 1 aromatic rings. The van der Waals surface area contributed by atoms with Gasteiger partial charge in [0, 0.05) is 51.0 Å². The van der Waals surface area contributed by atoms with Crippen molar-refractivity contribution in [1.29, 1.82) is 0 Å². The van der Waals surface area contributed by atoms with Gasteiger partial charge in [0.1, 0.15) is 11.6 Å². The minimum Gasteiger partial charge on any atom is -0.381 e. The second kappa shape index (κ2) is 7.21. The van der Waals surface area contributed by atoms with Crippen molar-refractivity contribution in [2.45, 2.75) is 18.9 Å². The zero-order valence-corrected chi connectivity index (χ0v) is 13.2. The summed E-state index contributed by atoms with van der Waals surface area (Å²) in [7, 11) is 0. The Morgan fingerprint density at radius 3 is 2.45 bits per heavy atom. The van der Waals surface area contributed by atoms with Gasteiger partial charge in [0.2, 0.25) is 0 Å². The van der Waals surface area contributed by atoms with Crippen LogP contribution < -0.4 is 5.32 Å². The molecule has 3 rings (SSSR count). The number of benzene rings is 1. The van der Waals surface area contributed by atoms with E-state index in [1.165, 1.54) is 6.07 Å². The Balaban J connectivity index is 1.98. The zero-order chi connectivity index (χ0) is 15.5. The van der Waals surface area contributed by atoms with Crippen LogP contribution in [0.4, 0.5) is 8.78 Å². The third kappa shape index (κ3) is 3.27. The molecule has 0 radical (unpaired) electrons. The van der Waals surface area contributed by atoms with Gasteiger partial charge in [-0.1, -0.05) is 11.6 Å². The number of rotatable bonds is 3. The molecule has 2 fully saturated rings. The van der Waals surface area contributed by atoms with Gasteiger partial charge in [0.15, 0.2) is 0 Å². The molecule has 0 unspecified atom stereocenters. The molecular weight excluding hydrogens is 310 g/mol. The van der Waals surface area contributed by atoms with Gasteiger partial charge in [-0.2, -0.15) is 0 Å². The summed E-state index contributed by atoms with van der Waals surface area (Å²) in [6.07, 6.45) is 1.70. The van der Waals surface area contributed by atoms with Gasteiger partial charge in [-0.25, -0.2) is 8.78 Å². The summed E-state index contributed by atoms with van der Waals surface area (Å²) in [6, 6.07) is 2.10. The lowest BCUT2D eigenvalue weighted by atomic mass is 9.85. The average Bonchev–Trinajstić information content (AvgIpc) is 2.57. The molecule has 2 aliphatic heterocycles. The van der Waals surface area contributed by atoms with Crippen molar-refractivity contribution >= 4 is 11.6 Å². The number of ether oxygens (including phenoxy) is 1. The van der Waals surface area contributed by atoms with Crippen LogP contribution in [0.25, 0.3) is 0 Å². The van der Waals surface area contributed by atoms with Crippen molar-refractivity contribution in [1.82, 2.24) is 10.2 Å². The van der Waals surface area contributed by atoms with Gasteiger partial charge in [0.25, 0.3) is 0 Å². The molecule has 3 nitrogen and oxygen atoms in total. The molecule has 6 heteroatoms. The first-order valence-electron chi connectivity index (χ1n) is 7.84. The van der Waals surface area contributed by atoms with Crippen molar-refractivity contribution < 1.29 is 13.5 Å². The molecule has 2 aliphatic rings. The monoisotopic (exact) mass is 330 g/mol. The number of hydrogen-bond acceptors (Lipinski definition) is 3. The Morgan fingerprint density at radius 1 is 1.14 bits per heavy atom. The first-order valence-corrected chi connectivity index (χ1v) is 8.22. The fourth-order valence-electron chi connectivity index (χ4n) is 3.52. The molecule has 0 amide bonds. The highest BCUT2D eigenvalue weighted by atomic mass is 35.5. The Morgan fingerprint density at radius 2 is 1.77 bits per heavy atom. The maximum absolute atomic E-state index is 14.5. The van der Waals surface area contributed by atoms with Crippen LogP contribution in [-0.2, 0) is 4.74 Å². The minimum absolute atomic E-state index is 0.0741. The summed E-state index contributed by atoms with van der Waals surface area (Å²) < 4.78 is 33.8. The molecule has 1 aromatic carbocycles. The van der Waals surface area contributed by atoms with Gasteiger partial charge < -0.3 is 10.1 Å². The highest BCUT2D eigenvalue weighted by Gasteiger charge is 2.35. The molecule has 122 valence electrons. The summed E-state index contributed by atoms with van der Waals surface area (Å²) in [6.45, 7) is 4.68. The van der Waals surface area contributed by atoms with E-state index in [4.69, 9.17) is 16.3 Å². The molecule has 0 aliphatic carbocycles. The number of nitrogens with zero attached hydrogens (tertiary/aromatic N) is 1. The van der Waals surface area contributed by atoms with Crippen LogP contribution in [0.3, 0.4) is 0 Å². The molecule has 0 aromatic heterocycles. The molecule has 22 heavy (non-hydrogen) atoms. The van der Waals surface area contributed by atoms with Gasteiger partial charge in [-0.15, -0.1) is 0 Å². The summed E-state index contributed by atoms with van der Waals surface area (Å²) in [5.74, 6) is -0.729. The third-order valence-corrected chi connectivity index (χ3v) is 5.02. The van der Waals surface area contributed by atoms with E-state index in [0.717, 1.165) is 45.1 Å². The fraction of sp³-hybridized carbons (Fsp3) is 0.625. The third-order valence-electron chi connectivity index (χ3n) is 4.63. The van der Waals surface area contributed by atoms with Crippen LogP contribution in [0.15, 0.2) is 12.1 Å². The summed E-state index contributed by atoms with van der Waals surface area (Å²) in [5.41, 5.74) is 0.315. The van der Waals surface area contributed by atoms with Gasteiger partial charge in [-0.05, 0) is 30.9 Å². The molecule has 1 atom stereocenters. The van der Waals surface area contributed by atoms with Gasteiger partial charge in [0.05, 0.1) is 5.02 Å². The van der Waals surface area contributed by atoms with E-state index in [0.29, 0.717) is 18.8 Å². The first-order chi connectivity index (χ1) is 10.7. The second-order valence-electron chi connectivity index (χ2n) is 5.94. The minimum atomic E-state index is -0.551. The lowest BCUT2D eigenvalue weighted by molar-refractivity contribution is 0.0202. The first kappa shape index (κ1) is 16.1. The Bertz CT molecular complexity index is 499. The zero-order valence-electron chi connectivity index (χ0n) is 12.5. The van der Waals surface area contributed by atoms with Crippen LogP contribution >= 0.6 is 11.6 Å². The van der Waals surface area contributed by atoms with E-state index >= 15 is 0 Å².